The Kier molecular flexibility index (Phi) is 4.33. The maximum absolute atomic E-state index is 11.4. The highest BCUT2D eigenvalue weighted by molar-refractivity contribution is 8.08. The fraction of sp³-hybridized carbons (Fsp3) is 0.429. The summed E-state index contributed by atoms with van der Waals surface area (Å²) >= 11 is 1.48. The first-order valence-electron chi connectivity index (χ1n) is 6.45. The molecule has 1 amide bonds. The van der Waals surface area contributed by atoms with Gasteiger partial charge >= 0.3 is 0 Å². The van der Waals surface area contributed by atoms with E-state index in [0.29, 0.717) is 4.91 Å². The lowest BCUT2D eigenvalue weighted by Crippen LogP contribution is -2.14. The Morgan fingerprint density at radius 3 is 2.84 bits per heavy atom. The van der Waals surface area contributed by atoms with Crippen molar-refractivity contribution < 1.29 is 4.79 Å². The molecule has 19 heavy (non-hydrogen) atoms. The van der Waals surface area contributed by atoms with Crippen molar-refractivity contribution in [2.24, 2.45) is 5.73 Å². The summed E-state index contributed by atoms with van der Waals surface area (Å²) in [5, 5.41) is 9.12. The van der Waals surface area contributed by atoms with Gasteiger partial charge in [0.15, 0.2) is 0 Å². The summed E-state index contributed by atoms with van der Waals surface area (Å²) in [4.78, 5) is 15.4. The normalized spacial score (nSPS) is 15.4. The number of hydrogen-bond acceptors (Lipinski definition) is 3. The second-order valence-electron chi connectivity index (χ2n) is 4.51. The number of rotatable bonds is 4. The summed E-state index contributed by atoms with van der Waals surface area (Å²) in [7, 11) is 0. The van der Waals surface area contributed by atoms with E-state index in [1.165, 1.54) is 35.9 Å². The van der Waals surface area contributed by atoms with Crippen LogP contribution in [0.2, 0.25) is 0 Å². The lowest BCUT2D eigenvalue weighted by Gasteiger charge is -2.09. The quantitative estimate of drug-likeness (QED) is 0.653. The van der Waals surface area contributed by atoms with E-state index in [0.717, 1.165) is 24.3 Å². The monoisotopic (exact) mass is 275 g/mol. The van der Waals surface area contributed by atoms with E-state index in [1.807, 2.05) is 13.0 Å². The number of aromatic nitrogens is 1. The lowest BCUT2D eigenvalue weighted by atomic mass is 9.98. The number of hydrogen-bond donors (Lipinski definition) is 2. The van der Waals surface area contributed by atoms with Gasteiger partial charge in [-0.05, 0) is 43.1 Å². The predicted octanol–water partition coefficient (Wildman–Crippen LogP) is 2.37. The lowest BCUT2D eigenvalue weighted by molar-refractivity contribution is -0.114. The molecule has 1 aliphatic rings. The number of amides is 1. The maximum atomic E-state index is 11.4. The second kappa shape index (κ2) is 5.98. The van der Waals surface area contributed by atoms with Gasteiger partial charge in [0, 0.05) is 5.69 Å². The molecule has 100 valence electrons. The largest absolute Gasteiger partial charge is 0.365 e. The number of nitrogens with one attached hydrogen (secondary N) is 1. The molecule has 0 fully saturated rings. The molecule has 0 spiro atoms. The summed E-state index contributed by atoms with van der Waals surface area (Å²) in [5.41, 5.74) is 8.73. The predicted molar refractivity (Wildman–Crippen MR) is 77.3 cm³/mol. The van der Waals surface area contributed by atoms with Gasteiger partial charge in [-0.1, -0.05) is 6.92 Å². The molecular formula is C14H17N3OS. The molecule has 1 heterocycles. The summed E-state index contributed by atoms with van der Waals surface area (Å²) in [5.74, 6) is 0.128. The van der Waals surface area contributed by atoms with Gasteiger partial charge in [0.25, 0.3) is 5.91 Å². The van der Waals surface area contributed by atoms with E-state index in [-0.39, 0.29) is 5.57 Å². The van der Waals surface area contributed by atoms with Crippen LogP contribution in [0.1, 0.15) is 36.7 Å². The van der Waals surface area contributed by atoms with Crippen molar-refractivity contribution >= 4 is 22.6 Å². The smallest absolute Gasteiger partial charge is 0.260 e. The van der Waals surface area contributed by atoms with Crippen LogP contribution in [-0.2, 0) is 17.6 Å². The second-order valence-corrected chi connectivity index (χ2v) is 5.78. The van der Waals surface area contributed by atoms with Gasteiger partial charge in [0.2, 0.25) is 0 Å². The molecule has 4 nitrogen and oxygen atoms in total. The molecule has 3 N–H and O–H groups in total. The molecule has 0 aromatic carbocycles. The van der Waals surface area contributed by atoms with Crippen LogP contribution >= 0.6 is 11.8 Å². The molecular weight excluding hydrogens is 258 g/mol. The Labute approximate surface area is 117 Å². The number of aromatic amines is 1. The van der Waals surface area contributed by atoms with Crippen LogP contribution in [-0.4, -0.2) is 16.6 Å². The van der Waals surface area contributed by atoms with Crippen LogP contribution in [0.5, 0.6) is 0 Å². The number of nitriles is 1. The van der Waals surface area contributed by atoms with Gasteiger partial charge in [-0.2, -0.15) is 5.26 Å². The van der Waals surface area contributed by atoms with Crippen LogP contribution in [0.3, 0.4) is 0 Å². The van der Waals surface area contributed by atoms with E-state index in [2.05, 4.69) is 11.1 Å². The third kappa shape index (κ3) is 2.85. The van der Waals surface area contributed by atoms with Crippen LogP contribution in [0.15, 0.2) is 11.6 Å². The minimum Gasteiger partial charge on any atom is -0.365 e. The van der Waals surface area contributed by atoms with Crippen molar-refractivity contribution in [3.63, 3.8) is 0 Å². The van der Waals surface area contributed by atoms with Crippen molar-refractivity contribution in [3.05, 3.63) is 28.6 Å². The van der Waals surface area contributed by atoms with E-state index >= 15 is 0 Å². The first-order valence-corrected chi connectivity index (χ1v) is 7.44. The SMILES string of the molecule is CCS/C(=C(/C#N)C(N)=O)c1cc2c([nH]1)CCCC2. The van der Waals surface area contributed by atoms with Crippen LogP contribution in [0, 0.1) is 11.3 Å². The first-order chi connectivity index (χ1) is 9.17. The number of carbonyl (C=O) groups is 1. The van der Waals surface area contributed by atoms with Crippen molar-refractivity contribution in [2.75, 3.05) is 5.75 Å². The molecule has 0 radical (unpaired) electrons. The van der Waals surface area contributed by atoms with Gasteiger partial charge in [0.05, 0.1) is 10.6 Å². The number of carbonyl (C=O) groups excluding carboxylic acids is 1. The molecule has 0 unspecified atom stereocenters. The Morgan fingerprint density at radius 1 is 1.53 bits per heavy atom. The average molecular weight is 275 g/mol. The Balaban J connectivity index is 2.48. The zero-order chi connectivity index (χ0) is 13.8. The molecule has 1 aromatic rings. The highest BCUT2D eigenvalue weighted by Crippen LogP contribution is 2.33. The average Bonchev–Trinajstić information content (AvgIpc) is 2.81. The number of thioether (sulfide) groups is 1. The van der Waals surface area contributed by atoms with Crippen molar-refractivity contribution in [1.82, 2.24) is 4.98 Å². The minimum absolute atomic E-state index is 0.0467. The summed E-state index contributed by atoms with van der Waals surface area (Å²) in [6.45, 7) is 1.99. The maximum Gasteiger partial charge on any atom is 0.260 e. The number of primary amides is 1. The van der Waals surface area contributed by atoms with Crippen LogP contribution < -0.4 is 5.73 Å². The fourth-order valence-electron chi connectivity index (χ4n) is 2.37. The molecule has 1 aromatic heterocycles. The topological polar surface area (TPSA) is 82.7 Å². The van der Waals surface area contributed by atoms with Gasteiger partial charge in [-0.25, -0.2) is 0 Å². The van der Waals surface area contributed by atoms with Crippen molar-refractivity contribution in [2.45, 2.75) is 32.6 Å². The van der Waals surface area contributed by atoms with Gasteiger partial charge in [-0.3, -0.25) is 4.79 Å². The first kappa shape index (κ1) is 13.8. The van der Waals surface area contributed by atoms with Crippen LogP contribution in [0.4, 0.5) is 0 Å². The highest BCUT2D eigenvalue weighted by Gasteiger charge is 2.19. The Bertz CT molecular complexity index is 542. The number of aryl methyl sites for hydroxylation is 2. The van der Waals surface area contributed by atoms with Crippen molar-refractivity contribution in [3.8, 4) is 6.07 Å². The minimum atomic E-state index is -0.661. The van der Waals surface area contributed by atoms with E-state index in [1.54, 1.807) is 0 Å². The zero-order valence-electron chi connectivity index (χ0n) is 11.0. The standard InChI is InChI=1S/C14H17N3OS/c1-2-19-13(10(8-15)14(16)18)12-7-9-5-3-4-6-11(9)17-12/h7,17H,2-6H2,1H3,(H2,16,18)/b13-10-. The molecule has 1 aliphatic carbocycles. The summed E-state index contributed by atoms with van der Waals surface area (Å²) in [6, 6.07) is 3.99. The number of nitrogens with two attached hydrogens (primary N) is 1. The van der Waals surface area contributed by atoms with Gasteiger partial charge < -0.3 is 10.7 Å². The molecule has 0 bridgehead atoms. The zero-order valence-corrected chi connectivity index (χ0v) is 11.8. The van der Waals surface area contributed by atoms with Gasteiger partial charge in [0.1, 0.15) is 11.6 Å². The Morgan fingerprint density at radius 2 is 2.26 bits per heavy atom. The highest BCUT2D eigenvalue weighted by atomic mass is 32.2. The number of nitrogens with zero attached hydrogens (tertiary/aromatic N) is 1. The Hall–Kier alpha value is -1.67. The van der Waals surface area contributed by atoms with Crippen molar-refractivity contribution in [1.29, 1.82) is 5.26 Å². The third-order valence-corrected chi connectivity index (χ3v) is 4.23. The summed E-state index contributed by atoms with van der Waals surface area (Å²) in [6.07, 6.45) is 4.49. The molecule has 0 saturated carbocycles. The summed E-state index contributed by atoms with van der Waals surface area (Å²) < 4.78 is 0. The number of fused-ring (bicyclic) bond motifs is 1. The molecule has 5 heteroatoms. The van der Waals surface area contributed by atoms with Crippen LogP contribution in [0.25, 0.3) is 4.91 Å². The molecule has 0 saturated heterocycles. The number of H-pyrrole nitrogens is 1. The fourth-order valence-corrected chi connectivity index (χ4v) is 3.22. The van der Waals surface area contributed by atoms with Gasteiger partial charge in [-0.15, -0.1) is 11.8 Å². The third-order valence-electron chi connectivity index (χ3n) is 3.23. The molecule has 0 aliphatic heterocycles. The van der Waals surface area contributed by atoms with E-state index in [9.17, 15) is 4.79 Å². The molecule has 0 atom stereocenters. The van der Waals surface area contributed by atoms with E-state index in [4.69, 9.17) is 11.0 Å². The van der Waals surface area contributed by atoms with E-state index < -0.39 is 5.91 Å². The molecule has 2 rings (SSSR count).